The Balaban J connectivity index is 1.71. The molecule has 0 spiro atoms. The zero-order valence-corrected chi connectivity index (χ0v) is 10.9. The van der Waals surface area contributed by atoms with Crippen molar-refractivity contribution in [1.29, 1.82) is 0 Å². The molecule has 0 aliphatic heterocycles. The second-order valence-corrected chi connectivity index (χ2v) is 4.45. The van der Waals surface area contributed by atoms with Crippen molar-refractivity contribution in [3.63, 3.8) is 0 Å². The number of aryl methyl sites for hydroxylation is 1. The minimum Gasteiger partial charge on any atom is -0.334 e. The predicted octanol–water partition coefficient (Wildman–Crippen LogP) is 2.30. The number of rotatable bonds is 6. The first kappa shape index (κ1) is 13.7. The van der Waals surface area contributed by atoms with Crippen LogP contribution in [0.15, 0.2) is 30.6 Å². The highest BCUT2D eigenvalue weighted by atomic mass is 19.1. The van der Waals surface area contributed by atoms with E-state index in [1.54, 1.807) is 6.20 Å². The first-order chi connectivity index (χ1) is 9.15. The van der Waals surface area contributed by atoms with Gasteiger partial charge in [-0.3, -0.25) is 0 Å². The Bertz CT molecular complexity index is 517. The lowest BCUT2D eigenvalue weighted by atomic mass is 10.1. The zero-order chi connectivity index (χ0) is 13.7. The molecule has 1 aromatic heterocycles. The summed E-state index contributed by atoms with van der Waals surface area (Å²) < 4.78 is 28.0. The third-order valence-corrected chi connectivity index (χ3v) is 2.97. The fourth-order valence-electron chi connectivity index (χ4n) is 1.95. The maximum absolute atomic E-state index is 13.0. The lowest BCUT2D eigenvalue weighted by Crippen LogP contribution is -2.22. The summed E-state index contributed by atoms with van der Waals surface area (Å²) in [6.07, 6.45) is 4.31. The van der Waals surface area contributed by atoms with E-state index in [1.807, 2.05) is 13.1 Å². The van der Waals surface area contributed by atoms with Gasteiger partial charge in [-0.2, -0.15) is 0 Å². The summed E-state index contributed by atoms with van der Waals surface area (Å²) in [5, 5.41) is 3.24. The van der Waals surface area contributed by atoms with Gasteiger partial charge >= 0.3 is 0 Å². The molecule has 0 bridgehead atoms. The molecule has 0 unspecified atom stereocenters. The topological polar surface area (TPSA) is 29.9 Å². The standard InChI is InChI=1S/C14H17F2N3/c1-11-18-5-7-19(11)6-4-17-3-2-12-8-13(15)10-14(16)9-12/h5,7-10,17H,2-4,6H2,1H3. The molecule has 102 valence electrons. The summed E-state index contributed by atoms with van der Waals surface area (Å²) in [5.41, 5.74) is 0.670. The van der Waals surface area contributed by atoms with Gasteiger partial charge < -0.3 is 9.88 Å². The molecule has 1 heterocycles. The molecule has 0 radical (unpaired) electrons. The molecule has 0 atom stereocenters. The van der Waals surface area contributed by atoms with Gasteiger partial charge in [0.05, 0.1) is 0 Å². The van der Waals surface area contributed by atoms with Crippen LogP contribution in [0.25, 0.3) is 0 Å². The van der Waals surface area contributed by atoms with Crippen molar-refractivity contribution in [3.8, 4) is 0 Å². The largest absolute Gasteiger partial charge is 0.334 e. The van der Waals surface area contributed by atoms with Crippen molar-refractivity contribution in [2.24, 2.45) is 0 Å². The Morgan fingerprint density at radius 3 is 2.53 bits per heavy atom. The maximum atomic E-state index is 13.0. The third kappa shape index (κ3) is 4.13. The van der Waals surface area contributed by atoms with Gasteiger partial charge in [0.2, 0.25) is 0 Å². The highest BCUT2D eigenvalue weighted by Crippen LogP contribution is 2.08. The van der Waals surface area contributed by atoms with Crippen LogP contribution < -0.4 is 5.32 Å². The number of imidazole rings is 1. The fourth-order valence-corrected chi connectivity index (χ4v) is 1.95. The van der Waals surface area contributed by atoms with Crippen LogP contribution in [-0.4, -0.2) is 22.6 Å². The first-order valence-corrected chi connectivity index (χ1v) is 6.28. The summed E-state index contributed by atoms with van der Waals surface area (Å²) >= 11 is 0. The lowest BCUT2D eigenvalue weighted by Gasteiger charge is -2.07. The van der Waals surface area contributed by atoms with Crippen LogP contribution in [0, 0.1) is 18.6 Å². The Labute approximate surface area is 111 Å². The third-order valence-electron chi connectivity index (χ3n) is 2.97. The molecule has 0 aliphatic carbocycles. The maximum Gasteiger partial charge on any atom is 0.126 e. The summed E-state index contributed by atoms with van der Waals surface area (Å²) in [6.45, 7) is 4.28. The van der Waals surface area contributed by atoms with Gasteiger partial charge in [-0.25, -0.2) is 13.8 Å². The number of nitrogens with one attached hydrogen (secondary N) is 1. The van der Waals surface area contributed by atoms with Crippen LogP contribution in [0.2, 0.25) is 0 Å². The van der Waals surface area contributed by atoms with E-state index in [2.05, 4.69) is 14.9 Å². The number of hydrogen-bond acceptors (Lipinski definition) is 2. The predicted molar refractivity (Wildman–Crippen MR) is 69.9 cm³/mol. The minimum atomic E-state index is -0.524. The molecular weight excluding hydrogens is 248 g/mol. The SMILES string of the molecule is Cc1nccn1CCNCCc1cc(F)cc(F)c1. The Kier molecular flexibility index (Phi) is 4.63. The molecule has 3 nitrogen and oxygen atoms in total. The number of benzene rings is 1. The summed E-state index contributed by atoms with van der Waals surface area (Å²) in [7, 11) is 0. The molecule has 19 heavy (non-hydrogen) atoms. The van der Waals surface area contributed by atoms with E-state index < -0.39 is 11.6 Å². The lowest BCUT2D eigenvalue weighted by molar-refractivity contribution is 0.571. The van der Waals surface area contributed by atoms with Crippen molar-refractivity contribution >= 4 is 0 Å². The summed E-state index contributed by atoms with van der Waals surface area (Å²) in [5.74, 6) is -0.0675. The Hall–Kier alpha value is -1.75. The van der Waals surface area contributed by atoms with Gasteiger partial charge in [0.25, 0.3) is 0 Å². The zero-order valence-electron chi connectivity index (χ0n) is 10.9. The molecule has 2 rings (SSSR count). The minimum absolute atomic E-state index is 0.524. The van der Waals surface area contributed by atoms with Crippen LogP contribution in [0.4, 0.5) is 8.78 Å². The van der Waals surface area contributed by atoms with Crippen LogP contribution in [0.5, 0.6) is 0 Å². The Morgan fingerprint density at radius 2 is 1.89 bits per heavy atom. The first-order valence-electron chi connectivity index (χ1n) is 6.28. The molecular formula is C14H17F2N3. The number of nitrogens with zero attached hydrogens (tertiary/aromatic N) is 2. The van der Waals surface area contributed by atoms with E-state index in [0.29, 0.717) is 18.5 Å². The van der Waals surface area contributed by atoms with Crippen LogP contribution in [0.1, 0.15) is 11.4 Å². The average Bonchev–Trinajstić information content (AvgIpc) is 2.73. The van der Waals surface area contributed by atoms with Crippen molar-refractivity contribution < 1.29 is 8.78 Å². The van der Waals surface area contributed by atoms with E-state index in [0.717, 1.165) is 25.0 Å². The van der Waals surface area contributed by atoms with Crippen molar-refractivity contribution in [3.05, 3.63) is 53.6 Å². The van der Waals surface area contributed by atoms with Gasteiger partial charge in [0.15, 0.2) is 0 Å². The smallest absolute Gasteiger partial charge is 0.126 e. The number of halogens is 2. The van der Waals surface area contributed by atoms with E-state index in [4.69, 9.17) is 0 Å². The van der Waals surface area contributed by atoms with Gasteiger partial charge in [-0.15, -0.1) is 0 Å². The second-order valence-electron chi connectivity index (χ2n) is 4.45. The Morgan fingerprint density at radius 1 is 1.16 bits per heavy atom. The van der Waals surface area contributed by atoms with Crippen molar-refractivity contribution in [2.45, 2.75) is 19.9 Å². The van der Waals surface area contributed by atoms with Crippen molar-refractivity contribution in [2.75, 3.05) is 13.1 Å². The quantitative estimate of drug-likeness (QED) is 0.812. The van der Waals surface area contributed by atoms with Gasteiger partial charge in [-0.05, 0) is 37.6 Å². The van der Waals surface area contributed by atoms with Crippen LogP contribution in [-0.2, 0) is 13.0 Å². The monoisotopic (exact) mass is 265 g/mol. The highest BCUT2D eigenvalue weighted by molar-refractivity contribution is 5.18. The van der Waals surface area contributed by atoms with Crippen LogP contribution in [0.3, 0.4) is 0 Å². The highest BCUT2D eigenvalue weighted by Gasteiger charge is 2.00. The number of aromatic nitrogens is 2. The van der Waals surface area contributed by atoms with E-state index in [9.17, 15) is 8.78 Å². The van der Waals surface area contributed by atoms with Crippen molar-refractivity contribution in [1.82, 2.24) is 14.9 Å². The molecule has 5 heteroatoms. The normalized spacial score (nSPS) is 10.9. The molecule has 1 N–H and O–H groups in total. The van der Waals surface area contributed by atoms with Gasteiger partial charge in [-0.1, -0.05) is 0 Å². The second kappa shape index (κ2) is 6.43. The van der Waals surface area contributed by atoms with E-state index in [1.165, 1.54) is 12.1 Å². The van der Waals surface area contributed by atoms with E-state index in [-0.39, 0.29) is 0 Å². The molecule has 0 saturated carbocycles. The molecule has 0 saturated heterocycles. The molecule has 2 aromatic rings. The number of hydrogen-bond donors (Lipinski definition) is 1. The van der Waals surface area contributed by atoms with Gasteiger partial charge in [0, 0.05) is 31.5 Å². The molecule has 0 aliphatic rings. The molecule has 0 amide bonds. The summed E-state index contributed by atoms with van der Waals surface area (Å²) in [6, 6.07) is 3.62. The fraction of sp³-hybridized carbons (Fsp3) is 0.357. The molecule has 1 aromatic carbocycles. The molecule has 0 fully saturated rings. The van der Waals surface area contributed by atoms with Crippen LogP contribution >= 0.6 is 0 Å². The van der Waals surface area contributed by atoms with E-state index >= 15 is 0 Å². The average molecular weight is 265 g/mol. The van der Waals surface area contributed by atoms with Gasteiger partial charge in [0.1, 0.15) is 17.5 Å². The summed E-state index contributed by atoms with van der Waals surface area (Å²) in [4.78, 5) is 4.13.